The Morgan fingerprint density at radius 2 is 0.932 bits per heavy atom. The minimum Gasteiger partial charge on any atom is -0.455 e. The fourth-order valence-electron chi connectivity index (χ4n) is 10.5. The largest absolute Gasteiger partial charge is 0.455 e. The van der Waals surface area contributed by atoms with Crippen molar-refractivity contribution in [3.05, 3.63) is 193 Å². The van der Waals surface area contributed by atoms with E-state index in [4.69, 9.17) is 4.42 Å². The van der Waals surface area contributed by atoms with E-state index in [0.717, 1.165) is 27.3 Å². The van der Waals surface area contributed by atoms with E-state index < -0.39 is 0 Å². The minimum atomic E-state index is -0.214. The van der Waals surface area contributed by atoms with E-state index in [1.165, 1.54) is 103 Å². The van der Waals surface area contributed by atoms with Crippen molar-refractivity contribution in [3.8, 4) is 44.5 Å². The third-order valence-corrected chi connectivity index (χ3v) is 14.5. The van der Waals surface area contributed by atoms with Gasteiger partial charge in [-0.2, -0.15) is 0 Å². The summed E-state index contributed by atoms with van der Waals surface area (Å²) in [6.07, 6.45) is 0. The van der Waals surface area contributed by atoms with Gasteiger partial charge < -0.3 is 4.42 Å². The van der Waals surface area contributed by atoms with Crippen LogP contribution in [0.2, 0.25) is 0 Å². The maximum atomic E-state index is 6.68. The van der Waals surface area contributed by atoms with E-state index in [0.29, 0.717) is 0 Å². The molecule has 0 bridgehead atoms. The zero-order chi connectivity index (χ0) is 39.0. The number of benzene rings is 10. The van der Waals surface area contributed by atoms with E-state index in [9.17, 15) is 0 Å². The molecule has 1 aliphatic carbocycles. The van der Waals surface area contributed by atoms with Crippen molar-refractivity contribution in [2.24, 2.45) is 0 Å². The zero-order valence-electron chi connectivity index (χ0n) is 32.6. The molecule has 0 saturated heterocycles. The Morgan fingerprint density at radius 1 is 0.390 bits per heavy atom. The summed E-state index contributed by atoms with van der Waals surface area (Å²) in [5.41, 5.74) is 14.7. The molecule has 0 unspecified atom stereocenters. The first kappa shape index (κ1) is 33.0. The SMILES string of the molecule is CC1(C)c2cc(-c3c4ccccc4c(-c4ccccc4)c4ccccc34)ccc2-c2ccc(-c3cc4c(ccc5c6ccccc6oc54)c4c3sc3ccccc34)cc21. The molecule has 13 rings (SSSR count). The molecule has 0 aliphatic heterocycles. The highest BCUT2D eigenvalue weighted by atomic mass is 32.1. The molecule has 0 saturated carbocycles. The molecule has 59 heavy (non-hydrogen) atoms. The smallest absolute Gasteiger partial charge is 0.143 e. The summed E-state index contributed by atoms with van der Waals surface area (Å²) in [6, 6.07) is 67.5. The lowest BCUT2D eigenvalue weighted by Crippen LogP contribution is -2.15. The molecular formula is C57H36OS. The molecular weight excluding hydrogens is 733 g/mol. The Balaban J connectivity index is 1.01. The third-order valence-electron chi connectivity index (χ3n) is 13.3. The van der Waals surface area contributed by atoms with Crippen LogP contribution in [0.15, 0.2) is 186 Å². The summed E-state index contributed by atoms with van der Waals surface area (Å²) in [6.45, 7) is 4.82. The van der Waals surface area contributed by atoms with Gasteiger partial charge in [0.1, 0.15) is 11.2 Å². The maximum Gasteiger partial charge on any atom is 0.143 e. The van der Waals surface area contributed by atoms with E-state index in [-0.39, 0.29) is 5.41 Å². The number of fused-ring (bicyclic) bond motifs is 14. The van der Waals surface area contributed by atoms with Crippen LogP contribution in [0.5, 0.6) is 0 Å². The van der Waals surface area contributed by atoms with Crippen molar-refractivity contribution >= 4 is 85.8 Å². The number of furan rings is 1. The number of rotatable bonds is 3. The highest BCUT2D eigenvalue weighted by Crippen LogP contribution is 2.54. The Kier molecular flexibility index (Phi) is 6.73. The highest BCUT2D eigenvalue weighted by molar-refractivity contribution is 7.26. The second-order valence-corrected chi connectivity index (χ2v) is 17.8. The van der Waals surface area contributed by atoms with Crippen molar-refractivity contribution in [1.29, 1.82) is 0 Å². The molecule has 0 radical (unpaired) electrons. The average Bonchev–Trinajstić information content (AvgIpc) is 3.93. The van der Waals surface area contributed by atoms with Crippen molar-refractivity contribution in [2.75, 3.05) is 0 Å². The van der Waals surface area contributed by atoms with Gasteiger partial charge in [-0.05, 0) is 113 Å². The van der Waals surface area contributed by atoms with E-state index in [1.54, 1.807) is 0 Å². The van der Waals surface area contributed by atoms with Crippen LogP contribution >= 0.6 is 11.3 Å². The van der Waals surface area contributed by atoms with Crippen molar-refractivity contribution in [2.45, 2.75) is 19.3 Å². The molecule has 1 nitrogen and oxygen atoms in total. The molecule has 0 amide bonds. The van der Waals surface area contributed by atoms with Gasteiger partial charge in [0.05, 0.1) is 0 Å². The summed E-state index contributed by atoms with van der Waals surface area (Å²) in [7, 11) is 0. The summed E-state index contributed by atoms with van der Waals surface area (Å²) >= 11 is 1.90. The van der Waals surface area contributed by atoms with Gasteiger partial charge in [0.2, 0.25) is 0 Å². The Labute approximate surface area is 345 Å². The lowest BCUT2D eigenvalue weighted by molar-refractivity contribution is 0.661. The van der Waals surface area contributed by atoms with E-state index in [1.807, 2.05) is 11.3 Å². The number of thiophene rings is 1. The predicted molar refractivity (Wildman–Crippen MR) is 253 cm³/mol. The van der Waals surface area contributed by atoms with Gasteiger partial charge in [-0.15, -0.1) is 11.3 Å². The van der Waals surface area contributed by atoms with E-state index >= 15 is 0 Å². The van der Waals surface area contributed by atoms with Crippen LogP contribution in [-0.2, 0) is 5.41 Å². The third kappa shape index (κ3) is 4.55. The molecule has 1 aliphatic rings. The summed E-state index contributed by atoms with van der Waals surface area (Å²) < 4.78 is 9.30. The molecule has 0 fully saturated rings. The Bertz CT molecular complexity index is 3690. The zero-order valence-corrected chi connectivity index (χ0v) is 33.5. The lowest BCUT2D eigenvalue weighted by atomic mass is 9.80. The van der Waals surface area contributed by atoms with Gasteiger partial charge in [0.15, 0.2) is 0 Å². The van der Waals surface area contributed by atoms with Crippen LogP contribution < -0.4 is 0 Å². The first-order valence-electron chi connectivity index (χ1n) is 20.5. The molecule has 0 atom stereocenters. The van der Waals surface area contributed by atoms with Gasteiger partial charge in [-0.1, -0.05) is 159 Å². The van der Waals surface area contributed by atoms with Crippen molar-refractivity contribution in [1.82, 2.24) is 0 Å². The molecule has 0 N–H and O–H groups in total. The molecule has 10 aromatic carbocycles. The number of hydrogen-bond donors (Lipinski definition) is 0. The fourth-order valence-corrected chi connectivity index (χ4v) is 11.8. The summed E-state index contributed by atoms with van der Waals surface area (Å²) in [4.78, 5) is 0. The van der Waals surface area contributed by atoms with Gasteiger partial charge in [-0.3, -0.25) is 0 Å². The number of para-hydroxylation sites is 1. The first-order chi connectivity index (χ1) is 29.0. The Hall–Kier alpha value is -7.00. The van der Waals surface area contributed by atoms with Gasteiger partial charge >= 0.3 is 0 Å². The quantitative estimate of drug-likeness (QED) is 0.163. The van der Waals surface area contributed by atoms with Crippen LogP contribution in [0.3, 0.4) is 0 Å². The van der Waals surface area contributed by atoms with Crippen molar-refractivity contribution < 1.29 is 4.42 Å². The van der Waals surface area contributed by atoms with Crippen LogP contribution in [0.1, 0.15) is 25.0 Å². The minimum absolute atomic E-state index is 0.214. The fraction of sp³-hybridized carbons (Fsp3) is 0.0526. The monoisotopic (exact) mass is 768 g/mol. The molecule has 12 aromatic rings. The van der Waals surface area contributed by atoms with Gasteiger partial charge in [-0.25, -0.2) is 0 Å². The molecule has 0 spiro atoms. The second kappa shape index (κ2) is 12.0. The molecule has 2 aromatic heterocycles. The normalized spacial score (nSPS) is 13.4. The van der Waals surface area contributed by atoms with Crippen LogP contribution in [0.25, 0.3) is 119 Å². The molecule has 2 heterocycles. The van der Waals surface area contributed by atoms with Gasteiger partial charge in [0, 0.05) is 47.3 Å². The van der Waals surface area contributed by atoms with Crippen LogP contribution in [0.4, 0.5) is 0 Å². The number of hydrogen-bond acceptors (Lipinski definition) is 2. The molecule has 2 heteroatoms. The van der Waals surface area contributed by atoms with Crippen LogP contribution in [-0.4, -0.2) is 0 Å². The molecule has 276 valence electrons. The lowest BCUT2D eigenvalue weighted by Gasteiger charge is -2.23. The van der Waals surface area contributed by atoms with E-state index in [2.05, 4.69) is 196 Å². The van der Waals surface area contributed by atoms with Crippen LogP contribution in [0, 0.1) is 0 Å². The summed E-state index contributed by atoms with van der Waals surface area (Å²) in [5, 5.41) is 12.5. The van der Waals surface area contributed by atoms with Crippen molar-refractivity contribution in [3.63, 3.8) is 0 Å². The Morgan fingerprint density at radius 3 is 1.63 bits per heavy atom. The average molecular weight is 769 g/mol. The highest BCUT2D eigenvalue weighted by Gasteiger charge is 2.36. The maximum absolute atomic E-state index is 6.68. The first-order valence-corrected chi connectivity index (χ1v) is 21.3. The van der Waals surface area contributed by atoms with Gasteiger partial charge in [0.25, 0.3) is 0 Å². The topological polar surface area (TPSA) is 13.1 Å². The standard InChI is InChI=1S/C57H36OS/c1-57(2)48-30-34(46-32-47-43(54-45-21-11-13-23-51(45)59-56(46)54)28-29-44-38-16-10-12-22-50(38)58-55(44)47)24-26-36(48)37-27-25-35(31-49(37)57)53-41-19-8-6-17-39(41)52(33-14-4-3-5-15-33)40-18-7-9-20-42(40)53/h3-32H,1-2H3. The summed E-state index contributed by atoms with van der Waals surface area (Å²) in [5.74, 6) is 0. The second-order valence-electron chi connectivity index (χ2n) is 16.7. The predicted octanol–water partition coefficient (Wildman–Crippen LogP) is 16.7.